The lowest BCUT2D eigenvalue weighted by Crippen LogP contribution is -2.34. The number of methoxy groups -OCH3 is 1. The summed E-state index contributed by atoms with van der Waals surface area (Å²) < 4.78 is 10.4. The van der Waals surface area contributed by atoms with E-state index < -0.39 is 5.97 Å². The highest BCUT2D eigenvalue weighted by molar-refractivity contribution is 7.80. The van der Waals surface area contributed by atoms with Crippen LogP contribution in [0.1, 0.15) is 41.0 Å². The first-order valence-corrected chi connectivity index (χ1v) is 8.91. The van der Waals surface area contributed by atoms with Crippen LogP contribution in [0.3, 0.4) is 0 Å². The van der Waals surface area contributed by atoms with Crippen molar-refractivity contribution in [2.45, 2.75) is 26.4 Å². The van der Waals surface area contributed by atoms with Crippen molar-refractivity contribution < 1.29 is 19.1 Å². The van der Waals surface area contributed by atoms with Gasteiger partial charge in [0, 0.05) is 17.3 Å². The highest BCUT2D eigenvalue weighted by Crippen LogP contribution is 2.19. The number of benzene rings is 2. The summed E-state index contributed by atoms with van der Waals surface area (Å²) in [4.78, 5) is 23.7. The Hall–Kier alpha value is -2.93. The fraction of sp³-hybridized carbons (Fsp3) is 0.250. The van der Waals surface area contributed by atoms with Gasteiger partial charge >= 0.3 is 5.97 Å². The molecule has 0 aliphatic rings. The largest absolute Gasteiger partial charge is 0.491 e. The molecule has 1 atom stereocenters. The Morgan fingerprint density at radius 3 is 2.41 bits per heavy atom. The normalized spacial score (nSPS) is 11.2. The van der Waals surface area contributed by atoms with E-state index >= 15 is 0 Å². The van der Waals surface area contributed by atoms with E-state index in [2.05, 4.69) is 22.3 Å². The predicted octanol–water partition coefficient (Wildman–Crippen LogP) is 3.78. The van der Waals surface area contributed by atoms with Crippen molar-refractivity contribution in [3.05, 3.63) is 59.7 Å². The highest BCUT2D eigenvalue weighted by atomic mass is 32.1. The van der Waals surface area contributed by atoms with Crippen molar-refractivity contribution in [1.29, 1.82) is 0 Å². The first-order valence-electron chi connectivity index (χ1n) is 8.50. The van der Waals surface area contributed by atoms with Crippen LogP contribution in [-0.2, 0) is 4.74 Å². The zero-order valence-electron chi connectivity index (χ0n) is 15.4. The lowest BCUT2D eigenvalue weighted by molar-refractivity contribution is 0.0600. The Morgan fingerprint density at radius 1 is 1.11 bits per heavy atom. The number of carbonyl (C=O) groups excluding carboxylic acids is 2. The maximum Gasteiger partial charge on any atom is 0.337 e. The van der Waals surface area contributed by atoms with Crippen molar-refractivity contribution in [2.75, 3.05) is 12.4 Å². The molecule has 0 heterocycles. The van der Waals surface area contributed by atoms with Crippen LogP contribution in [0.4, 0.5) is 5.69 Å². The van der Waals surface area contributed by atoms with E-state index in [1.54, 1.807) is 0 Å². The van der Waals surface area contributed by atoms with E-state index in [-0.39, 0.29) is 17.1 Å². The number of carbonyl (C=O) groups is 2. The molecule has 1 amide bonds. The summed E-state index contributed by atoms with van der Waals surface area (Å²) >= 11 is 5.19. The van der Waals surface area contributed by atoms with Gasteiger partial charge in [-0.25, -0.2) is 4.79 Å². The predicted molar refractivity (Wildman–Crippen MR) is 108 cm³/mol. The summed E-state index contributed by atoms with van der Waals surface area (Å²) in [6, 6.07) is 13.5. The Morgan fingerprint density at radius 2 is 1.78 bits per heavy atom. The third kappa shape index (κ3) is 6.07. The van der Waals surface area contributed by atoms with Gasteiger partial charge in [0.25, 0.3) is 5.91 Å². The van der Waals surface area contributed by atoms with Crippen LogP contribution in [0.5, 0.6) is 5.75 Å². The lowest BCUT2D eigenvalue weighted by Gasteiger charge is -2.14. The van der Waals surface area contributed by atoms with Gasteiger partial charge in [-0.05, 0) is 62.0 Å². The Kier molecular flexibility index (Phi) is 7.31. The van der Waals surface area contributed by atoms with Gasteiger partial charge in [0.2, 0.25) is 0 Å². The molecule has 142 valence electrons. The quantitative estimate of drug-likeness (QED) is 0.581. The number of ether oxygens (including phenoxy) is 2. The van der Waals surface area contributed by atoms with Gasteiger partial charge in [-0.2, -0.15) is 0 Å². The summed E-state index contributed by atoms with van der Waals surface area (Å²) in [5.74, 6) is -0.114. The molecule has 2 rings (SSSR count). The molecule has 0 saturated carbocycles. The van der Waals surface area contributed by atoms with Gasteiger partial charge in [-0.3, -0.25) is 10.1 Å². The maximum atomic E-state index is 12.3. The summed E-state index contributed by atoms with van der Waals surface area (Å²) in [5, 5.41) is 5.73. The van der Waals surface area contributed by atoms with E-state index in [0.717, 1.165) is 12.2 Å². The number of anilines is 1. The number of esters is 1. The first-order chi connectivity index (χ1) is 12.9. The Bertz CT molecular complexity index is 821. The molecule has 0 spiro atoms. The fourth-order valence-electron chi connectivity index (χ4n) is 2.18. The van der Waals surface area contributed by atoms with Gasteiger partial charge in [-0.1, -0.05) is 13.0 Å². The second-order valence-electron chi connectivity index (χ2n) is 5.84. The average molecular weight is 386 g/mol. The number of hydrogen-bond acceptors (Lipinski definition) is 5. The van der Waals surface area contributed by atoms with Gasteiger partial charge in [0.1, 0.15) is 5.75 Å². The molecule has 2 N–H and O–H groups in total. The monoisotopic (exact) mass is 386 g/mol. The zero-order valence-corrected chi connectivity index (χ0v) is 16.3. The second kappa shape index (κ2) is 9.68. The first kappa shape index (κ1) is 20.4. The summed E-state index contributed by atoms with van der Waals surface area (Å²) in [7, 11) is 1.30. The van der Waals surface area contributed by atoms with Crippen molar-refractivity contribution in [3.63, 3.8) is 0 Å². The molecule has 2 aromatic carbocycles. The highest BCUT2D eigenvalue weighted by Gasteiger charge is 2.11. The molecule has 0 saturated heterocycles. The number of nitrogens with one attached hydrogen (secondary N) is 2. The number of thiocarbonyl (C=S) groups is 1. The van der Waals surface area contributed by atoms with Crippen LogP contribution in [0, 0.1) is 0 Å². The maximum absolute atomic E-state index is 12.3. The summed E-state index contributed by atoms with van der Waals surface area (Å²) in [5.41, 5.74) is 1.45. The van der Waals surface area contributed by atoms with E-state index in [1.165, 1.54) is 31.4 Å². The van der Waals surface area contributed by atoms with Crippen LogP contribution < -0.4 is 15.4 Å². The van der Waals surface area contributed by atoms with E-state index in [9.17, 15) is 9.59 Å². The standard InChI is InChI=1S/C20H22N2O4S/c1-4-13(2)26-17-7-5-6-16(12-17)21-20(27)22-18(23)14-8-10-15(11-9-14)19(24)25-3/h5-13H,4H2,1-3H3,(H2,21,22,23,27). The van der Waals surface area contributed by atoms with Crippen molar-refractivity contribution >= 4 is 34.9 Å². The lowest BCUT2D eigenvalue weighted by atomic mass is 10.1. The molecule has 1 unspecified atom stereocenters. The van der Waals surface area contributed by atoms with Crippen molar-refractivity contribution in [3.8, 4) is 5.75 Å². The Balaban J connectivity index is 1.96. The molecule has 0 radical (unpaired) electrons. The van der Waals surface area contributed by atoms with Crippen molar-refractivity contribution in [2.24, 2.45) is 0 Å². The minimum absolute atomic E-state index is 0.111. The second-order valence-corrected chi connectivity index (χ2v) is 6.25. The van der Waals surface area contributed by atoms with Gasteiger partial charge in [0.15, 0.2) is 5.11 Å². The molecule has 2 aromatic rings. The zero-order chi connectivity index (χ0) is 19.8. The molecule has 7 heteroatoms. The van der Waals surface area contributed by atoms with Gasteiger partial charge in [-0.15, -0.1) is 0 Å². The third-order valence-corrected chi connectivity index (χ3v) is 4.00. The molecule has 6 nitrogen and oxygen atoms in total. The molecule has 0 aliphatic carbocycles. The van der Waals surface area contributed by atoms with E-state index in [4.69, 9.17) is 17.0 Å². The topological polar surface area (TPSA) is 76.7 Å². The van der Waals surface area contributed by atoms with E-state index in [0.29, 0.717) is 16.8 Å². The minimum Gasteiger partial charge on any atom is -0.491 e. The van der Waals surface area contributed by atoms with Crippen LogP contribution in [0.15, 0.2) is 48.5 Å². The Labute approximate surface area is 163 Å². The van der Waals surface area contributed by atoms with E-state index in [1.807, 2.05) is 31.2 Å². The summed E-state index contributed by atoms with van der Waals surface area (Å²) in [6.45, 7) is 4.05. The molecule has 0 fully saturated rings. The minimum atomic E-state index is -0.460. The molecule has 0 bridgehead atoms. The molecular weight excluding hydrogens is 364 g/mol. The number of rotatable bonds is 6. The fourth-order valence-corrected chi connectivity index (χ4v) is 2.39. The number of amides is 1. The van der Waals surface area contributed by atoms with Crippen molar-refractivity contribution in [1.82, 2.24) is 5.32 Å². The molecule has 27 heavy (non-hydrogen) atoms. The van der Waals surface area contributed by atoms with Crippen LogP contribution in [0.2, 0.25) is 0 Å². The number of hydrogen-bond donors (Lipinski definition) is 2. The molecule has 0 aromatic heterocycles. The van der Waals surface area contributed by atoms with Crippen LogP contribution in [0.25, 0.3) is 0 Å². The van der Waals surface area contributed by atoms with Crippen LogP contribution in [-0.4, -0.2) is 30.2 Å². The molecular formula is C20H22N2O4S. The molecule has 0 aliphatic heterocycles. The smallest absolute Gasteiger partial charge is 0.337 e. The third-order valence-electron chi connectivity index (χ3n) is 3.80. The summed E-state index contributed by atoms with van der Waals surface area (Å²) in [6.07, 6.45) is 1.01. The average Bonchev–Trinajstić information content (AvgIpc) is 2.67. The van der Waals surface area contributed by atoms with Gasteiger partial charge in [0.05, 0.1) is 18.8 Å². The van der Waals surface area contributed by atoms with Gasteiger partial charge < -0.3 is 14.8 Å². The SMILES string of the molecule is CCC(C)Oc1cccc(NC(=S)NC(=O)c2ccc(C(=O)OC)cc2)c1. The van der Waals surface area contributed by atoms with Crippen LogP contribution >= 0.6 is 12.2 Å².